The second kappa shape index (κ2) is 9.82. The van der Waals surface area contributed by atoms with Gasteiger partial charge in [0.15, 0.2) is 5.82 Å². The molecule has 4 aromatic rings. The van der Waals surface area contributed by atoms with Crippen molar-refractivity contribution in [2.75, 3.05) is 38.2 Å². The van der Waals surface area contributed by atoms with Gasteiger partial charge in [-0.15, -0.1) is 0 Å². The number of piperidine rings is 1. The summed E-state index contributed by atoms with van der Waals surface area (Å²) in [6.45, 7) is 6.26. The molecule has 3 saturated heterocycles. The average Bonchev–Trinajstić information content (AvgIpc) is 3.57. The first-order chi connectivity index (χ1) is 20.8. The van der Waals surface area contributed by atoms with Gasteiger partial charge in [0.25, 0.3) is 0 Å². The Morgan fingerprint density at radius 1 is 1.19 bits per heavy atom. The highest BCUT2D eigenvalue weighted by molar-refractivity contribution is 6.36. The van der Waals surface area contributed by atoms with Gasteiger partial charge in [-0.1, -0.05) is 42.4 Å². The minimum absolute atomic E-state index is 0.0163. The van der Waals surface area contributed by atoms with E-state index < -0.39 is 11.6 Å². The van der Waals surface area contributed by atoms with Crippen LogP contribution in [-0.4, -0.2) is 82.1 Å². The van der Waals surface area contributed by atoms with E-state index in [4.69, 9.17) is 21.3 Å². The molecule has 2 aromatic heterocycles. The van der Waals surface area contributed by atoms with Gasteiger partial charge in [-0.05, 0) is 49.3 Å². The lowest BCUT2D eigenvalue weighted by molar-refractivity contribution is -0.127. The number of aromatic nitrogens is 3. The van der Waals surface area contributed by atoms with Crippen molar-refractivity contribution in [3.05, 3.63) is 65.8 Å². The molecule has 8 rings (SSSR count). The second-order valence-electron chi connectivity index (χ2n) is 12.1. The molecule has 5 atom stereocenters. The van der Waals surface area contributed by atoms with Crippen molar-refractivity contribution in [1.29, 1.82) is 0 Å². The molecule has 1 aliphatic carbocycles. The molecule has 11 heteroatoms. The Labute approximate surface area is 251 Å². The predicted octanol–water partition coefficient (Wildman–Crippen LogP) is 5.08. The van der Waals surface area contributed by atoms with Crippen molar-refractivity contribution in [1.82, 2.24) is 24.8 Å². The third-order valence-corrected chi connectivity index (χ3v) is 10.2. The zero-order valence-electron chi connectivity index (χ0n) is 23.5. The largest absolute Gasteiger partial charge is 0.462 e. The topological polar surface area (TPSA) is 74.7 Å². The maximum absolute atomic E-state index is 16.6. The first kappa shape index (κ1) is 26.7. The Morgan fingerprint density at radius 3 is 2.84 bits per heavy atom. The minimum Gasteiger partial charge on any atom is -0.462 e. The lowest BCUT2D eigenvalue weighted by Gasteiger charge is -2.47. The number of nitrogens with zero attached hydrogens (tertiary/aromatic N) is 6. The van der Waals surface area contributed by atoms with E-state index in [2.05, 4.69) is 33.4 Å². The number of pyridine rings is 1. The van der Waals surface area contributed by atoms with Crippen LogP contribution in [0.25, 0.3) is 32.9 Å². The number of likely N-dealkylation sites (N-methyl/N-ethyl adjacent to an activating group) is 1. The van der Waals surface area contributed by atoms with Gasteiger partial charge in [0.2, 0.25) is 5.91 Å². The van der Waals surface area contributed by atoms with Crippen LogP contribution in [0.5, 0.6) is 6.01 Å². The molecule has 1 amide bonds. The van der Waals surface area contributed by atoms with Crippen molar-refractivity contribution in [2.24, 2.45) is 11.8 Å². The van der Waals surface area contributed by atoms with Crippen LogP contribution < -0.4 is 9.64 Å². The molecule has 4 fully saturated rings. The fourth-order valence-electron chi connectivity index (χ4n) is 7.45. The number of hydrogen-bond acceptors (Lipinski definition) is 7. The number of carbonyl (C=O) groups excluding carboxylic acids is 1. The van der Waals surface area contributed by atoms with Gasteiger partial charge in [-0.25, -0.2) is 8.78 Å². The fourth-order valence-corrected chi connectivity index (χ4v) is 7.72. The molecule has 8 nitrogen and oxygen atoms in total. The van der Waals surface area contributed by atoms with Crippen LogP contribution in [0.2, 0.25) is 5.02 Å². The van der Waals surface area contributed by atoms with E-state index in [0.29, 0.717) is 53.2 Å². The fraction of sp³-hybridized carbons (Fsp3) is 0.375. The quantitative estimate of drug-likeness (QED) is 0.285. The van der Waals surface area contributed by atoms with Crippen LogP contribution in [0, 0.1) is 23.5 Å². The zero-order valence-corrected chi connectivity index (χ0v) is 24.3. The van der Waals surface area contributed by atoms with Crippen LogP contribution in [0.15, 0.2) is 49.2 Å². The highest BCUT2D eigenvalue weighted by atomic mass is 35.5. The Balaban J connectivity index is 1.23. The minimum atomic E-state index is -0.661. The molecule has 4 aliphatic rings. The lowest BCUT2D eigenvalue weighted by Crippen LogP contribution is -2.63. The summed E-state index contributed by atoms with van der Waals surface area (Å²) in [6, 6.07) is 8.56. The van der Waals surface area contributed by atoms with E-state index in [1.165, 1.54) is 18.6 Å². The lowest BCUT2D eigenvalue weighted by atomic mass is 9.96. The van der Waals surface area contributed by atoms with E-state index in [9.17, 15) is 9.18 Å². The number of anilines is 1. The van der Waals surface area contributed by atoms with Crippen molar-refractivity contribution in [3.8, 4) is 17.3 Å². The van der Waals surface area contributed by atoms with Crippen LogP contribution >= 0.6 is 11.6 Å². The highest BCUT2D eigenvalue weighted by Gasteiger charge is 2.52. The maximum atomic E-state index is 16.6. The summed E-state index contributed by atoms with van der Waals surface area (Å²) in [5.41, 5.74) is 0.455. The molecule has 220 valence electrons. The number of amides is 1. The monoisotopic (exact) mass is 602 g/mol. The standard InChI is InChI=1S/C32H29ClF2N6O2/c1-3-25(42)40-10-9-22-23(40)14-41(22)31-20-12-36-29(18-6-4-5-16-7-8-21(34)27(33)26(16)18)28(35)30(20)37-32(38-31)43-15-24-19-11-17(19)13-39(24)2/h3-8,12,17,19,22-24H,1,9-11,13-15H2,2H3/t17-,19-,22-,23-,24-/m1/s1. The molecular weight excluding hydrogens is 574 g/mol. The summed E-state index contributed by atoms with van der Waals surface area (Å²) >= 11 is 6.38. The molecule has 2 aromatic carbocycles. The molecule has 0 N–H and O–H groups in total. The van der Waals surface area contributed by atoms with E-state index >= 15 is 4.39 Å². The van der Waals surface area contributed by atoms with Gasteiger partial charge >= 0.3 is 6.01 Å². The van der Waals surface area contributed by atoms with Crippen LogP contribution in [0.3, 0.4) is 0 Å². The second-order valence-corrected chi connectivity index (χ2v) is 12.4. The Bertz CT molecular complexity index is 1840. The van der Waals surface area contributed by atoms with Crippen molar-refractivity contribution >= 4 is 45.0 Å². The molecule has 5 heterocycles. The summed E-state index contributed by atoms with van der Waals surface area (Å²) in [7, 11) is 2.10. The number of rotatable bonds is 6. The number of halogens is 3. The Morgan fingerprint density at radius 2 is 2.05 bits per heavy atom. The average molecular weight is 603 g/mol. The third kappa shape index (κ3) is 4.10. The molecular formula is C32H29ClF2N6O2. The number of ether oxygens (including phenoxy) is 1. The van der Waals surface area contributed by atoms with E-state index in [0.717, 1.165) is 18.9 Å². The smallest absolute Gasteiger partial charge is 0.319 e. The van der Waals surface area contributed by atoms with Gasteiger partial charge in [0, 0.05) is 42.8 Å². The number of benzene rings is 2. The van der Waals surface area contributed by atoms with Gasteiger partial charge in [0.1, 0.15) is 29.5 Å². The number of hydrogen-bond donors (Lipinski definition) is 0. The normalized spacial score (nSPS) is 26.0. The number of carbonyl (C=O) groups is 1. The Kier molecular flexibility index (Phi) is 6.10. The first-order valence-electron chi connectivity index (χ1n) is 14.6. The molecule has 0 spiro atoms. The van der Waals surface area contributed by atoms with Crippen molar-refractivity contribution in [3.63, 3.8) is 0 Å². The van der Waals surface area contributed by atoms with E-state index in [1.807, 2.05) is 4.90 Å². The van der Waals surface area contributed by atoms with E-state index in [1.54, 1.807) is 30.5 Å². The number of fused-ring (bicyclic) bond motifs is 4. The van der Waals surface area contributed by atoms with Crippen molar-refractivity contribution in [2.45, 2.75) is 31.0 Å². The number of likely N-dealkylation sites (tertiary alicyclic amines) is 2. The molecule has 0 unspecified atom stereocenters. The van der Waals surface area contributed by atoms with Crippen LogP contribution in [0.4, 0.5) is 14.6 Å². The van der Waals surface area contributed by atoms with Crippen molar-refractivity contribution < 1.29 is 18.3 Å². The molecule has 3 aliphatic heterocycles. The SMILES string of the molecule is C=CC(=O)N1CC[C@@H]2[C@H]1CN2c1nc(OC[C@@H]2[C@@H]3C[C@@H]3CN2C)nc2c(F)c(-c3cccc4ccc(F)c(Cl)c34)ncc12. The maximum Gasteiger partial charge on any atom is 0.319 e. The van der Waals surface area contributed by atoms with Gasteiger partial charge in [0.05, 0.1) is 22.5 Å². The summed E-state index contributed by atoms with van der Waals surface area (Å²) in [6.07, 6.45) is 4.87. The third-order valence-electron chi connectivity index (χ3n) is 9.80. The summed E-state index contributed by atoms with van der Waals surface area (Å²) < 4.78 is 37.3. The van der Waals surface area contributed by atoms with Gasteiger partial charge < -0.3 is 14.5 Å². The highest BCUT2D eigenvalue weighted by Crippen LogP contribution is 2.49. The van der Waals surface area contributed by atoms with Crippen LogP contribution in [-0.2, 0) is 4.79 Å². The summed E-state index contributed by atoms with van der Waals surface area (Å²) in [5, 5.41) is 1.40. The molecule has 0 bridgehead atoms. The summed E-state index contributed by atoms with van der Waals surface area (Å²) in [4.78, 5) is 32.5. The molecule has 0 radical (unpaired) electrons. The molecule has 43 heavy (non-hydrogen) atoms. The summed E-state index contributed by atoms with van der Waals surface area (Å²) in [5.74, 6) is 0.508. The van der Waals surface area contributed by atoms with Gasteiger partial charge in [-0.3, -0.25) is 14.7 Å². The first-order valence-corrected chi connectivity index (χ1v) is 15.0. The zero-order chi connectivity index (χ0) is 29.6. The van der Waals surface area contributed by atoms with Gasteiger partial charge in [-0.2, -0.15) is 9.97 Å². The predicted molar refractivity (Wildman–Crippen MR) is 160 cm³/mol. The molecule has 1 saturated carbocycles. The van der Waals surface area contributed by atoms with Crippen LogP contribution in [0.1, 0.15) is 12.8 Å². The Hall–Kier alpha value is -3.89. The van der Waals surface area contributed by atoms with E-state index in [-0.39, 0.29) is 46.3 Å².